The highest BCUT2D eigenvalue weighted by Gasteiger charge is 2.29. The standard InChI is InChI=1S/C22H25FN2OS/c1-14(2)11-22(4,12-18-9-8-15(3)27-18)25-21(26)17-10-16-6-5-7-19(23)20(16)24-13-17/h5-10,13-14H,11-12H2,1-4H3,(H,25,26). The highest BCUT2D eigenvalue weighted by molar-refractivity contribution is 7.11. The number of hydrogen-bond donors (Lipinski definition) is 1. The Balaban J connectivity index is 1.85. The van der Waals surface area contributed by atoms with Crippen molar-refractivity contribution in [2.75, 3.05) is 0 Å². The summed E-state index contributed by atoms with van der Waals surface area (Å²) in [6.07, 6.45) is 3.10. The average Bonchev–Trinajstić information content (AvgIpc) is 2.98. The van der Waals surface area contributed by atoms with E-state index >= 15 is 0 Å². The van der Waals surface area contributed by atoms with Crippen LogP contribution in [0.3, 0.4) is 0 Å². The van der Waals surface area contributed by atoms with Gasteiger partial charge in [0, 0.05) is 33.3 Å². The number of carbonyl (C=O) groups is 1. The number of halogens is 1. The molecule has 3 rings (SSSR count). The van der Waals surface area contributed by atoms with E-state index in [0.717, 1.165) is 12.8 Å². The first-order valence-electron chi connectivity index (χ1n) is 9.18. The molecule has 142 valence electrons. The van der Waals surface area contributed by atoms with E-state index in [0.29, 0.717) is 16.9 Å². The summed E-state index contributed by atoms with van der Waals surface area (Å²) in [5.74, 6) is -0.109. The van der Waals surface area contributed by atoms with Crippen molar-refractivity contribution in [3.8, 4) is 0 Å². The largest absolute Gasteiger partial charge is 0.346 e. The zero-order valence-electron chi connectivity index (χ0n) is 16.2. The fraction of sp³-hybridized carbons (Fsp3) is 0.364. The number of hydrogen-bond acceptors (Lipinski definition) is 3. The van der Waals surface area contributed by atoms with Crippen molar-refractivity contribution in [1.82, 2.24) is 10.3 Å². The summed E-state index contributed by atoms with van der Waals surface area (Å²) in [7, 11) is 0. The van der Waals surface area contributed by atoms with Crippen LogP contribution in [0.1, 0.15) is 47.3 Å². The molecule has 1 amide bonds. The number of fused-ring (bicyclic) bond motifs is 1. The number of carbonyl (C=O) groups excluding carboxylic acids is 1. The van der Waals surface area contributed by atoms with E-state index in [2.05, 4.69) is 50.1 Å². The van der Waals surface area contributed by atoms with Gasteiger partial charge in [-0.3, -0.25) is 9.78 Å². The van der Waals surface area contributed by atoms with Gasteiger partial charge in [-0.25, -0.2) is 4.39 Å². The lowest BCUT2D eigenvalue weighted by Gasteiger charge is -2.32. The summed E-state index contributed by atoms with van der Waals surface area (Å²) in [6, 6.07) is 10.7. The van der Waals surface area contributed by atoms with Crippen LogP contribution in [-0.4, -0.2) is 16.4 Å². The van der Waals surface area contributed by atoms with Crippen molar-refractivity contribution in [2.45, 2.75) is 46.1 Å². The number of benzene rings is 1. The minimum Gasteiger partial charge on any atom is -0.346 e. The van der Waals surface area contributed by atoms with Crippen LogP contribution >= 0.6 is 11.3 Å². The van der Waals surface area contributed by atoms with Crippen LogP contribution in [0, 0.1) is 18.7 Å². The number of pyridine rings is 1. The van der Waals surface area contributed by atoms with Gasteiger partial charge in [0.1, 0.15) is 11.3 Å². The summed E-state index contributed by atoms with van der Waals surface area (Å²) in [5, 5.41) is 3.84. The Kier molecular flexibility index (Phi) is 5.61. The van der Waals surface area contributed by atoms with Crippen LogP contribution in [0.5, 0.6) is 0 Å². The van der Waals surface area contributed by atoms with Crippen molar-refractivity contribution in [1.29, 1.82) is 0 Å². The molecule has 1 atom stereocenters. The third-order valence-corrected chi connectivity index (χ3v) is 5.56. The van der Waals surface area contributed by atoms with Gasteiger partial charge in [-0.15, -0.1) is 11.3 Å². The molecule has 0 spiro atoms. The van der Waals surface area contributed by atoms with Gasteiger partial charge in [0.15, 0.2) is 0 Å². The number of para-hydroxylation sites is 1. The minimum absolute atomic E-state index is 0.176. The molecule has 0 bridgehead atoms. The maximum atomic E-state index is 13.8. The third kappa shape index (κ3) is 4.72. The van der Waals surface area contributed by atoms with Gasteiger partial charge in [0.25, 0.3) is 5.91 Å². The molecular formula is C22H25FN2OS. The van der Waals surface area contributed by atoms with Gasteiger partial charge in [-0.05, 0) is 50.5 Å². The molecule has 0 saturated heterocycles. The molecule has 3 aromatic rings. The molecule has 0 aliphatic carbocycles. The lowest BCUT2D eigenvalue weighted by atomic mass is 9.86. The normalized spacial score (nSPS) is 13.7. The molecule has 5 heteroatoms. The predicted octanol–water partition coefficient (Wildman–Crippen LogP) is 5.52. The molecule has 27 heavy (non-hydrogen) atoms. The Morgan fingerprint density at radius 3 is 2.74 bits per heavy atom. The van der Waals surface area contributed by atoms with Crippen molar-refractivity contribution >= 4 is 28.1 Å². The SMILES string of the molecule is Cc1ccc(CC(C)(CC(C)C)NC(=O)c2cnc3c(F)cccc3c2)s1. The number of aromatic nitrogens is 1. The van der Waals surface area contributed by atoms with Crippen LogP contribution < -0.4 is 5.32 Å². The molecule has 0 aliphatic heterocycles. The molecule has 0 saturated carbocycles. The van der Waals surface area contributed by atoms with E-state index in [1.807, 2.05) is 0 Å². The second-order valence-corrected chi connectivity index (χ2v) is 9.21. The quantitative estimate of drug-likeness (QED) is 0.608. The topological polar surface area (TPSA) is 42.0 Å². The van der Waals surface area contributed by atoms with Crippen LogP contribution in [0.15, 0.2) is 42.6 Å². The summed E-state index contributed by atoms with van der Waals surface area (Å²) in [5.41, 5.74) is 0.373. The Bertz CT molecular complexity index is 966. The summed E-state index contributed by atoms with van der Waals surface area (Å²) < 4.78 is 13.8. The molecule has 0 fully saturated rings. The first-order valence-corrected chi connectivity index (χ1v) is 9.99. The van der Waals surface area contributed by atoms with Crippen LogP contribution in [0.2, 0.25) is 0 Å². The highest BCUT2D eigenvalue weighted by Crippen LogP contribution is 2.26. The third-order valence-electron chi connectivity index (χ3n) is 4.56. The highest BCUT2D eigenvalue weighted by atomic mass is 32.1. The van der Waals surface area contributed by atoms with Gasteiger partial charge in [0.2, 0.25) is 0 Å². The summed E-state index contributed by atoms with van der Waals surface area (Å²) >= 11 is 1.76. The monoisotopic (exact) mass is 384 g/mol. The first-order chi connectivity index (χ1) is 12.8. The van der Waals surface area contributed by atoms with Crippen LogP contribution in [0.4, 0.5) is 4.39 Å². The van der Waals surface area contributed by atoms with E-state index in [9.17, 15) is 9.18 Å². The van der Waals surface area contributed by atoms with E-state index < -0.39 is 0 Å². The van der Waals surface area contributed by atoms with Crippen molar-refractivity contribution < 1.29 is 9.18 Å². The van der Waals surface area contributed by atoms with Gasteiger partial charge in [-0.1, -0.05) is 26.0 Å². The van der Waals surface area contributed by atoms with Gasteiger partial charge >= 0.3 is 0 Å². The number of amides is 1. The lowest BCUT2D eigenvalue weighted by molar-refractivity contribution is 0.0894. The molecule has 3 nitrogen and oxygen atoms in total. The predicted molar refractivity (Wildman–Crippen MR) is 110 cm³/mol. The average molecular weight is 385 g/mol. The smallest absolute Gasteiger partial charge is 0.253 e. The minimum atomic E-state index is -0.378. The van der Waals surface area contributed by atoms with Crippen molar-refractivity contribution in [3.05, 3.63) is 63.7 Å². The van der Waals surface area contributed by atoms with Gasteiger partial charge in [0.05, 0.1) is 5.56 Å². The fourth-order valence-corrected chi connectivity index (χ4v) is 4.70. The van der Waals surface area contributed by atoms with Crippen LogP contribution in [0.25, 0.3) is 10.9 Å². The summed E-state index contributed by atoms with van der Waals surface area (Å²) in [4.78, 5) is 19.6. The van der Waals surface area contributed by atoms with E-state index in [4.69, 9.17) is 0 Å². The van der Waals surface area contributed by atoms with Gasteiger partial charge in [-0.2, -0.15) is 0 Å². The first kappa shape index (κ1) is 19.5. The molecule has 0 aliphatic rings. The second-order valence-electron chi connectivity index (χ2n) is 7.84. The Morgan fingerprint density at radius 1 is 1.30 bits per heavy atom. The molecule has 1 N–H and O–H groups in total. The van der Waals surface area contributed by atoms with Crippen LogP contribution in [-0.2, 0) is 6.42 Å². The zero-order chi connectivity index (χ0) is 19.6. The Morgan fingerprint density at radius 2 is 2.07 bits per heavy atom. The number of thiophene rings is 1. The molecular weight excluding hydrogens is 359 g/mol. The Hall–Kier alpha value is -2.27. The maximum absolute atomic E-state index is 13.8. The molecule has 2 heterocycles. The van der Waals surface area contributed by atoms with Gasteiger partial charge < -0.3 is 5.32 Å². The van der Waals surface area contributed by atoms with Crippen molar-refractivity contribution in [2.24, 2.45) is 5.92 Å². The van der Waals surface area contributed by atoms with E-state index in [1.165, 1.54) is 22.0 Å². The summed E-state index contributed by atoms with van der Waals surface area (Å²) in [6.45, 7) is 8.50. The number of rotatable bonds is 6. The molecule has 2 aromatic heterocycles. The lowest BCUT2D eigenvalue weighted by Crippen LogP contribution is -2.48. The molecule has 1 aromatic carbocycles. The maximum Gasteiger partial charge on any atom is 0.253 e. The Labute approximate surface area is 163 Å². The zero-order valence-corrected chi connectivity index (χ0v) is 17.0. The fourth-order valence-electron chi connectivity index (χ4n) is 3.63. The van der Waals surface area contributed by atoms with E-state index in [-0.39, 0.29) is 22.8 Å². The van der Waals surface area contributed by atoms with Crippen molar-refractivity contribution in [3.63, 3.8) is 0 Å². The van der Waals surface area contributed by atoms with E-state index in [1.54, 1.807) is 29.5 Å². The molecule has 1 unspecified atom stereocenters. The molecule has 0 radical (unpaired) electrons. The number of nitrogens with zero attached hydrogens (tertiary/aromatic N) is 1. The number of aryl methyl sites for hydroxylation is 1. The second kappa shape index (κ2) is 7.77. The number of nitrogens with one attached hydrogen (secondary N) is 1.